The van der Waals surface area contributed by atoms with Crippen LogP contribution in [0.2, 0.25) is 5.02 Å². The van der Waals surface area contributed by atoms with E-state index in [9.17, 15) is 0 Å². The van der Waals surface area contributed by atoms with Crippen LogP contribution in [0.5, 0.6) is 11.5 Å². The van der Waals surface area contributed by atoms with Crippen LogP contribution < -0.4 is 10.1 Å². The molecule has 0 aliphatic carbocycles. The van der Waals surface area contributed by atoms with E-state index in [2.05, 4.69) is 26.1 Å². The van der Waals surface area contributed by atoms with Gasteiger partial charge in [-0.25, -0.2) is 0 Å². The maximum Gasteiger partial charge on any atom is 0.128 e. The lowest BCUT2D eigenvalue weighted by atomic mass is 10.2. The van der Waals surface area contributed by atoms with Crippen LogP contribution in [-0.4, -0.2) is 6.04 Å². The molecule has 0 fully saturated rings. The van der Waals surface area contributed by atoms with E-state index in [-0.39, 0.29) is 0 Å². The third kappa shape index (κ3) is 4.26. The molecular formula is C17H20ClNO. The molecule has 3 heteroatoms. The molecule has 0 aliphatic rings. The maximum absolute atomic E-state index is 6.28. The van der Waals surface area contributed by atoms with Crippen molar-refractivity contribution in [1.82, 2.24) is 5.32 Å². The molecule has 1 N–H and O–H groups in total. The fraction of sp³-hybridized carbons (Fsp3) is 0.294. The first-order valence-electron chi connectivity index (χ1n) is 6.81. The van der Waals surface area contributed by atoms with E-state index < -0.39 is 0 Å². The van der Waals surface area contributed by atoms with Gasteiger partial charge in [-0.15, -0.1) is 0 Å². The van der Waals surface area contributed by atoms with Crippen molar-refractivity contribution in [2.24, 2.45) is 0 Å². The zero-order valence-corrected chi connectivity index (χ0v) is 12.9. The molecular weight excluding hydrogens is 270 g/mol. The van der Waals surface area contributed by atoms with Crippen LogP contribution in [0.15, 0.2) is 42.5 Å². The Balaban J connectivity index is 2.06. The molecule has 0 radical (unpaired) electrons. The number of hydrogen-bond acceptors (Lipinski definition) is 2. The smallest absolute Gasteiger partial charge is 0.128 e. The highest BCUT2D eigenvalue weighted by atomic mass is 35.5. The van der Waals surface area contributed by atoms with Crippen LogP contribution >= 0.6 is 11.6 Å². The van der Waals surface area contributed by atoms with Gasteiger partial charge in [0.05, 0.1) is 0 Å². The Morgan fingerprint density at radius 2 is 1.70 bits per heavy atom. The Hall–Kier alpha value is -1.51. The lowest BCUT2D eigenvalue weighted by Gasteiger charge is -2.11. The summed E-state index contributed by atoms with van der Waals surface area (Å²) in [5.74, 6) is 1.58. The summed E-state index contributed by atoms with van der Waals surface area (Å²) in [6.45, 7) is 7.05. The van der Waals surface area contributed by atoms with Gasteiger partial charge < -0.3 is 10.1 Å². The molecule has 0 amide bonds. The molecule has 106 valence electrons. The highest BCUT2D eigenvalue weighted by Crippen LogP contribution is 2.27. The van der Waals surface area contributed by atoms with Crippen molar-refractivity contribution in [2.45, 2.75) is 33.4 Å². The van der Waals surface area contributed by atoms with Gasteiger partial charge in [0.2, 0.25) is 0 Å². The largest absolute Gasteiger partial charge is 0.457 e. The van der Waals surface area contributed by atoms with E-state index >= 15 is 0 Å². The Morgan fingerprint density at radius 1 is 1.05 bits per heavy atom. The standard InChI is InChI=1S/C17H20ClNO/c1-12(2)19-11-14-6-9-16(10-17(14)18)20-15-7-4-13(3)5-8-15/h4-10,12,19H,11H2,1-3H3. The summed E-state index contributed by atoms with van der Waals surface area (Å²) in [5, 5.41) is 4.08. The summed E-state index contributed by atoms with van der Waals surface area (Å²) in [7, 11) is 0. The summed E-state index contributed by atoms with van der Waals surface area (Å²) < 4.78 is 5.79. The van der Waals surface area contributed by atoms with Gasteiger partial charge in [0.25, 0.3) is 0 Å². The van der Waals surface area contributed by atoms with Crippen molar-refractivity contribution in [2.75, 3.05) is 0 Å². The van der Waals surface area contributed by atoms with Crippen LogP contribution in [0.3, 0.4) is 0 Å². The Kier molecular flexibility index (Phi) is 5.05. The average Bonchev–Trinajstić information content (AvgIpc) is 2.40. The molecule has 2 aromatic carbocycles. The molecule has 0 aliphatic heterocycles. The van der Waals surface area contributed by atoms with Gasteiger partial charge in [-0.05, 0) is 36.8 Å². The third-order valence-electron chi connectivity index (χ3n) is 2.98. The van der Waals surface area contributed by atoms with Gasteiger partial charge in [0, 0.05) is 17.6 Å². The minimum absolute atomic E-state index is 0.439. The van der Waals surface area contributed by atoms with Crippen LogP contribution in [0, 0.1) is 6.92 Å². The zero-order chi connectivity index (χ0) is 14.5. The van der Waals surface area contributed by atoms with E-state index in [0.29, 0.717) is 6.04 Å². The van der Waals surface area contributed by atoms with Gasteiger partial charge >= 0.3 is 0 Å². The summed E-state index contributed by atoms with van der Waals surface area (Å²) in [5.41, 5.74) is 2.29. The monoisotopic (exact) mass is 289 g/mol. The SMILES string of the molecule is Cc1ccc(Oc2ccc(CNC(C)C)c(Cl)c2)cc1. The van der Waals surface area contributed by atoms with Crippen molar-refractivity contribution in [1.29, 1.82) is 0 Å². The van der Waals surface area contributed by atoms with E-state index in [1.165, 1.54) is 5.56 Å². The first-order chi connectivity index (χ1) is 9.54. The summed E-state index contributed by atoms with van der Waals surface area (Å²) in [4.78, 5) is 0. The number of halogens is 1. The van der Waals surface area contributed by atoms with E-state index in [1.54, 1.807) is 0 Å². The maximum atomic E-state index is 6.28. The molecule has 2 rings (SSSR count). The minimum atomic E-state index is 0.439. The average molecular weight is 290 g/mol. The molecule has 0 unspecified atom stereocenters. The molecule has 20 heavy (non-hydrogen) atoms. The van der Waals surface area contributed by atoms with Gasteiger partial charge in [-0.1, -0.05) is 49.2 Å². The molecule has 0 heterocycles. The second-order valence-electron chi connectivity index (χ2n) is 5.20. The number of ether oxygens (including phenoxy) is 1. The molecule has 2 aromatic rings. The van der Waals surface area contributed by atoms with E-state index in [4.69, 9.17) is 16.3 Å². The predicted molar refractivity (Wildman–Crippen MR) is 84.7 cm³/mol. The molecule has 0 atom stereocenters. The van der Waals surface area contributed by atoms with Crippen molar-refractivity contribution in [3.63, 3.8) is 0 Å². The topological polar surface area (TPSA) is 21.3 Å². The van der Waals surface area contributed by atoms with Crippen molar-refractivity contribution in [3.8, 4) is 11.5 Å². The fourth-order valence-electron chi connectivity index (χ4n) is 1.79. The van der Waals surface area contributed by atoms with Crippen LogP contribution in [0.25, 0.3) is 0 Å². The molecule has 2 nitrogen and oxygen atoms in total. The van der Waals surface area contributed by atoms with Crippen LogP contribution in [0.1, 0.15) is 25.0 Å². The molecule has 0 saturated heterocycles. The predicted octanol–water partition coefficient (Wildman–Crippen LogP) is 4.94. The Bertz CT molecular complexity index is 564. The number of nitrogens with one attached hydrogen (secondary N) is 1. The Morgan fingerprint density at radius 3 is 2.30 bits per heavy atom. The second-order valence-corrected chi connectivity index (χ2v) is 5.61. The lowest BCUT2D eigenvalue weighted by Crippen LogP contribution is -2.21. The second kappa shape index (κ2) is 6.78. The first-order valence-corrected chi connectivity index (χ1v) is 7.19. The molecule has 0 aromatic heterocycles. The number of rotatable bonds is 5. The van der Waals surface area contributed by atoms with Gasteiger partial charge in [0.15, 0.2) is 0 Å². The zero-order valence-electron chi connectivity index (χ0n) is 12.1. The lowest BCUT2D eigenvalue weighted by molar-refractivity contribution is 0.482. The van der Waals surface area contributed by atoms with Gasteiger partial charge in [0.1, 0.15) is 11.5 Å². The normalized spacial score (nSPS) is 10.8. The Labute approximate surface area is 125 Å². The number of benzene rings is 2. The highest BCUT2D eigenvalue weighted by molar-refractivity contribution is 6.31. The van der Waals surface area contributed by atoms with Crippen molar-refractivity contribution >= 4 is 11.6 Å². The number of hydrogen-bond donors (Lipinski definition) is 1. The van der Waals surface area contributed by atoms with Gasteiger partial charge in [-0.3, -0.25) is 0 Å². The summed E-state index contributed by atoms with van der Waals surface area (Å²) >= 11 is 6.28. The third-order valence-corrected chi connectivity index (χ3v) is 3.33. The molecule has 0 saturated carbocycles. The summed E-state index contributed by atoms with van der Waals surface area (Å²) in [6.07, 6.45) is 0. The minimum Gasteiger partial charge on any atom is -0.457 e. The summed E-state index contributed by atoms with van der Waals surface area (Å²) in [6, 6.07) is 14.2. The molecule has 0 spiro atoms. The van der Waals surface area contributed by atoms with Crippen molar-refractivity contribution < 1.29 is 4.74 Å². The van der Waals surface area contributed by atoms with Crippen molar-refractivity contribution in [3.05, 3.63) is 58.6 Å². The fourth-order valence-corrected chi connectivity index (χ4v) is 2.03. The number of aryl methyl sites for hydroxylation is 1. The van der Waals surface area contributed by atoms with E-state index in [0.717, 1.165) is 28.6 Å². The van der Waals surface area contributed by atoms with E-state index in [1.807, 2.05) is 42.5 Å². The first kappa shape index (κ1) is 14.9. The quantitative estimate of drug-likeness (QED) is 0.842. The highest BCUT2D eigenvalue weighted by Gasteiger charge is 2.04. The van der Waals surface area contributed by atoms with Crippen LogP contribution in [-0.2, 0) is 6.54 Å². The molecule has 0 bridgehead atoms. The van der Waals surface area contributed by atoms with Crippen LogP contribution in [0.4, 0.5) is 0 Å². The van der Waals surface area contributed by atoms with Gasteiger partial charge in [-0.2, -0.15) is 0 Å².